The van der Waals surface area contributed by atoms with Crippen LogP contribution in [-0.2, 0) is 14.2 Å². The number of anilines is 2. The average molecular weight is 516 g/mol. The molecule has 4 rings (SSSR count). The smallest absolute Gasteiger partial charge is 0.126 e. The zero-order chi connectivity index (χ0) is 25.5. The number of nitrogens with one attached hydrogen (secondary N) is 2. The van der Waals surface area contributed by atoms with Crippen molar-refractivity contribution < 1.29 is 14.2 Å². The molecule has 0 amide bonds. The van der Waals surface area contributed by atoms with Gasteiger partial charge in [-0.3, -0.25) is 4.99 Å². The van der Waals surface area contributed by atoms with Gasteiger partial charge in [0, 0.05) is 37.2 Å². The van der Waals surface area contributed by atoms with Gasteiger partial charge in [-0.1, -0.05) is 17.7 Å². The Morgan fingerprint density at radius 2 is 2.06 bits per heavy atom. The van der Waals surface area contributed by atoms with Gasteiger partial charge in [-0.25, -0.2) is 9.97 Å². The lowest BCUT2D eigenvalue weighted by atomic mass is 9.93. The predicted octanol–water partition coefficient (Wildman–Crippen LogP) is 5.23. The fraction of sp³-hybridized carbons (Fsp3) is 0.593. The summed E-state index contributed by atoms with van der Waals surface area (Å²) in [6, 6.07) is 8.43. The largest absolute Gasteiger partial charge is 0.382 e. The minimum atomic E-state index is -0.228. The molecule has 2 atom stereocenters. The summed E-state index contributed by atoms with van der Waals surface area (Å²) < 4.78 is 17.0. The molecule has 3 heterocycles. The van der Waals surface area contributed by atoms with Crippen LogP contribution in [0, 0.1) is 0 Å². The first-order valence-corrected chi connectivity index (χ1v) is 13.1. The fourth-order valence-electron chi connectivity index (χ4n) is 4.48. The van der Waals surface area contributed by atoms with Gasteiger partial charge in [-0.15, -0.1) is 0 Å². The third kappa shape index (κ3) is 7.62. The average Bonchev–Trinajstić information content (AvgIpc) is 2.86. The van der Waals surface area contributed by atoms with E-state index in [0.717, 1.165) is 48.6 Å². The third-order valence-electron chi connectivity index (χ3n) is 6.44. The molecule has 2 aromatic rings. The SMILES string of the molecule is COC[C@@H](C)N=C1CCC(Nc2cc(-c3cccc(NCC4COC(C)(C)CO4)n3)c(Cl)cn2)CC1. The third-order valence-corrected chi connectivity index (χ3v) is 6.74. The summed E-state index contributed by atoms with van der Waals surface area (Å²) in [6.07, 6.45) is 5.73. The first-order valence-electron chi connectivity index (χ1n) is 12.7. The van der Waals surface area contributed by atoms with Crippen molar-refractivity contribution in [3.05, 3.63) is 35.5 Å². The normalized spacial score (nSPS) is 22.6. The first kappa shape index (κ1) is 26.8. The van der Waals surface area contributed by atoms with Crippen LogP contribution in [0.5, 0.6) is 0 Å². The summed E-state index contributed by atoms with van der Waals surface area (Å²) >= 11 is 6.53. The minimum Gasteiger partial charge on any atom is -0.382 e. The molecule has 1 saturated carbocycles. The number of hydrogen-bond acceptors (Lipinski definition) is 8. The summed E-state index contributed by atoms with van der Waals surface area (Å²) in [5, 5.41) is 7.52. The summed E-state index contributed by atoms with van der Waals surface area (Å²) in [7, 11) is 1.72. The summed E-state index contributed by atoms with van der Waals surface area (Å²) in [4.78, 5) is 14.1. The van der Waals surface area contributed by atoms with Crippen molar-refractivity contribution in [2.45, 2.75) is 70.2 Å². The van der Waals surface area contributed by atoms with Crippen molar-refractivity contribution >= 4 is 28.9 Å². The van der Waals surface area contributed by atoms with Gasteiger partial charge >= 0.3 is 0 Å². The van der Waals surface area contributed by atoms with Crippen LogP contribution in [0.4, 0.5) is 11.6 Å². The number of aliphatic imine (C=N–C) groups is 1. The van der Waals surface area contributed by atoms with Crippen molar-refractivity contribution in [3.8, 4) is 11.3 Å². The molecule has 1 saturated heterocycles. The van der Waals surface area contributed by atoms with Crippen LogP contribution in [0.25, 0.3) is 11.3 Å². The van der Waals surface area contributed by atoms with Gasteiger partial charge < -0.3 is 24.8 Å². The molecule has 2 aromatic heterocycles. The van der Waals surface area contributed by atoms with Crippen LogP contribution < -0.4 is 10.6 Å². The van der Waals surface area contributed by atoms with E-state index in [0.29, 0.717) is 37.4 Å². The fourth-order valence-corrected chi connectivity index (χ4v) is 4.68. The summed E-state index contributed by atoms with van der Waals surface area (Å²) in [5.41, 5.74) is 2.70. The Bertz CT molecular complexity index is 1030. The number of pyridine rings is 2. The van der Waals surface area contributed by atoms with Gasteiger partial charge in [-0.2, -0.15) is 0 Å². The van der Waals surface area contributed by atoms with Crippen molar-refractivity contribution in [2.75, 3.05) is 44.1 Å². The van der Waals surface area contributed by atoms with Crippen LogP contribution in [0.3, 0.4) is 0 Å². The van der Waals surface area contributed by atoms with Gasteiger partial charge in [0.25, 0.3) is 0 Å². The lowest BCUT2D eigenvalue weighted by Gasteiger charge is -2.35. The molecule has 0 radical (unpaired) electrons. The number of nitrogens with zero attached hydrogens (tertiary/aromatic N) is 3. The molecule has 8 nitrogen and oxygen atoms in total. The predicted molar refractivity (Wildman–Crippen MR) is 145 cm³/mol. The number of aromatic nitrogens is 2. The Hall–Kier alpha value is -2.26. The molecular formula is C27H38ClN5O3. The molecular weight excluding hydrogens is 478 g/mol. The lowest BCUT2D eigenvalue weighted by Crippen LogP contribution is -2.44. The molecule has 1 unspecified atom stereocenters. The topological polar surface area (TPSA) is 89.9 Å². The molecule has 0 bridgehead atoms. The number of methoxy groups -OCH3 is 1. The maximum absolute atomic E-state index is 6.53. The van der Waals surface area contributed by atoms with E-state index in [9.17, 15) is 0 Å². The molecule has 2 N–H and O–H groups in total. The standard InChI is InChI=1S/C27H38ClN5O3/c1-18(15-34-4)31-19-8-10-20(11-9-19)32-26-12-22(23(28)14-30-26)24-6-5-7-25(33-24)29-13-21-16-36-27(2,3)17-35-21/h5-7,12,14,18,20-21H,8-11,13,15-17H2,1-4H3,(H,29,33)(H,30,32)/t18-,20?,21?/m1/s1. The minimum absolute atomic E-state index is 0.00644. The highest BCUT2D eigenvalue weighted by Crippen LogP contribution is 2.30. The Kier molecular flexibility index (Phi) is 9.17. The highest BCUT2D eigenvalue weighted by Gasteiger charge is 2.28. The second-order valence-electron chi connectivity index (χ2n) is 10.3. The zero-order valence-electron chi connectivity index (χ0n) is 21.7. The van der Waals surface area contributed by atoms with Crippen LogP contribution in [0.2, 0.25) is 5.02 Å². The van der Waals surface area contributed by atoms with E-state index in [-0.39, 0.29) is 17.7 Å². The Labute approximate surface area is 219 Å². The zero-order valence-corrected chi connectivity index (χ0v) is 22.5. The molecule has 1 aliphatic carbocycles. The maximum Gasteiger partial charge on any atom is 0.126 e. The van der Waals surface area contributed by atoms with Crippen molar-refractivity contribution in [1.29, 1.82) is 0 Å². The quantitative estimate of drug-likeness (QED) is 0.472. The van der Waals surface area contributed by atoms with E-state index >= 15 is 0 Å². The number of rotatable bonds is 9. The molecule has 0 aromatic carbocycles. The number of hydrogen-bond donors (Lipinski definition) is 2. The molecule has 196 valence electrons. The van der Waals surface area contributed by atoms with E-state index in [1.807, 2.05) is 38.1 Å². The molecule has 0 spiro atoms. The van der Waals surface area contributed by atoms with E-state index in [2.05, 4.69) is 22.5 Å². The van der Waals surface area contributed by atoms with Gasteiger partial charge in [0.15, 0.2) is 0 Å². The summed E-state index contributed by atoms with van der Waals surface area (Å²) in [6.45, 7) is 8.59. The monoisotopic (exact) mass is 515 g/mol. The van der Waals surface area contributed by atoms with Crippen molar-refractivity contribution in [2.24, 2.45) is 4.99 Å². The number of halogens is 1. The highest BCUT2D eigenvalue weighted by atomic mass is 35.5. The van der Waals surface area contributed by atoms with Crippen molar-refractivity contribution in [3.63, 3.8) is 0 Å². The molecule has 9 heteroatoms. The molecule has 2 aliphatic rings. The van der Waals surface area contributed by atoms with E-state index in [1.165, 1.54) is 5.71 Å². The van der Waals surface area contributed by atoms with Gasteiger partial charge in [-0.05, 0) is 64.7 Å². The second-order valence-corrected chi connectivity index (χ2v) is 10.7. The second kappa shape index (κ2) is 12.3. The van der Waals surface area contributed by atoms with Gasteiger partial charge in [0.05, 0.1) is 48.3 Å². The first-order chi connectivity index (χ1) is 17.3. The van der Waals surface area contributed by atoms with E-state index < -0.39 is 0 Å². The Morgan fingerprint density at radius 1 is 1.25 bits per heavy atom. The number of ether oxygens (including phenoxy) is 3. The Morgan fingerprint density at radius 3 is 2.78 bits per heavy atom. The molecule has 1 aliphatic heterocycles. The summed E-state index contributed by atoms with van der Waals surface area (Å²) in [5.74, 6) is 1.58. The molecule has 36 heavy (non-hydrogen) atoms. The lowest BCUT2D eigenvalue weighted by molar-refractivity contribution is -0.170. The molecule has 2 fully saturated rings. The highest BCUT2D eigenvalue weighted by molar-refractivity contribution is 6.33. The Balaban J connectivity index is 1.35. The van der Waals surface area contributed by atoms with Gasteiger partial charge in [0.2, 0.25) is 0 Å². The van der Waals surface area contributed by atoms with Crippen LogP contribution in [0.15, 0.2) is 35.5 Å². The van der Waals surface area contributed by atoms with Crippen LogP contribution >= 0.6 is 11.6 Å². The van der Waals surface area contributed by atoms with Crippen molar-refractivity contribution in [1.82, 2.24) is 9.97 Å². The van der Waals surface area contributed by atoms with E-state index in [1.54, 1.807) is 13.3 Å². The van der Waals surface area contributed by atoms with E-state index in [4.69, 9.17) is 35.8 Å². The maximum atomic E-state index is 6.53. The van der Waals surface area contributed by atoms with Crippen LogP contribution in [0.1, 0.15) is 46.5 Å². The van der Waals surface area contributed by atoms with Gasteiger partial charge in [0.1, 0.15) is 11.6 Å². The van der Waals surface area contributed by atoms with Crippen LogP contribution in [-0.4, -0.2) is 72.9 Å².